The minimum absolute atomic E-state index is 0.0885. The first-order valence-electron chi connectivity index (χ1n) is 28.0. The first kappa shape index (κ1) is 64.8. The summed E-state index contributed by atoms with van der Waals surface area (Å²) < 4.78 is 16.7. The maximum Gasteiger partial charge on any atom is 0.306 e. The van der Waals surface area contributed by atoms with E-state index in [1.807, 2.05) is 0 Å². The van der Waals surface area contributed by atoms with Gasteiger partial charge in [-0.3, -0.25) is 14.4 Å². The van der Waals surface area contributed by atoms with Crippen LogP contribution < -0.4 is 0 Å². The zero-order valence-corrected chi connectivity index (χ0v) is 44.5. The second-order valence-electron chi connectivity index (χ2n) is 18.1. The van der Waals surface area contributed by atoms with E-state index >= 15 is 0 Å². The third kappa shape index (κ3) is 54.6. The quantitative estimate of drug-likeness (QED) is 0.0262. The lowest BCUT2D eigenvalue weighted by Crippen LogP contribution is -2.30. The van der Waals surface area contributed by atoms with Crippen LogP contribution in [0, 0.1) is 0 Å². The van der Waals surface area contributed by atoms with Crippen LogP contribution in [-0.4, -0.2) is 37.2 Å². The van der Waals surface area contributed by atoms with Crippen molar-refractivity contribution >= 4 is 17.9 Å². The van der Waals surface area contributed by atoms with Gasteiger partial charge in [-0.2, -0.15) is 0 Å². The van der Waals surface area contributed by atoms with E-state index in [2.05, 4.69) is 142 Å². The Morgan fingerprint density at radius 1 is 0.304 bits per heavy atom. The molecule has 390 valence electrons. The molecule has 0 aromatic rings. The number of ether oxygens (including phenoxy) is 3. The Morgan fingerprint density at radius 3 is 0.957 bits per heavy atom. The monoisotopic (exact) mass is 955 g/mol. The molecule has 6 nitrogen and oxygen atoms in total. The number of rotatable bonds is 49. The van der Waals surface area contributed by atoms with Gasteiger partial charge >= 0.3 is 17.9 Å². The third-order valence-corrected chi connectivity index (χ3v) is 11.4. The lowest BCUT2D eigenvalue weighted by Gasteiger charge is -2.18. The van der Waals surface area contributed by atoms with E-state index in [0.717, 1.165) is 154 Å². The van der Waals surface area contributed by atoms with Crippen molar-refractivity contribution in [3.05, 3.63) is 122 Å². The van der Waals surface area contributed by atoms with E-state index in [4.69, 9.17) is 14.2 Å². The lowest BCUT2D eigenvalue weighted by atomic mass is 10.1. The summed E-state index contributed by atoms with van der Waals surface area (Å²) in [5.74, 6) is -0.930. The van der Waals surface area contributed by atoms with E-state index in [0.29, 0.717) is 19.3 Å². The Kier molecular flexibility index (Phi) is 53.0. The van der Waals surface area contributed by atoms with Gasteiger partial charge in [0.2, 0.25) is 0 Å². The van der Waals surface area contributed by atoms with Crippen LogP contribution in [0.5, 0.6) is 0 Å². The molecule has 0 bridgehead atoms. The molecule has 0 spiro atoms. The highest BCUT2D eigenvalue weighted by atomic mass is 16.6. The van der Waals surface area contributed by atoms with Gasteiger partial charge in [-0.1, -0.05) is 232 Å². The minimum atomic E-state index is -0.788. The van der Waals surface area contributed by atoms with Gasteiger partial charge in [-0.25, -0.2) is 0 Å². The Balaban J connectivity index is 4.16. The molecule has 6 heteroatoms. The Bertz CT molecular complexity index is 1470. The van der Waals surface area contributed by atoms with E-state index in [9.17, 15) is 14.4 Å². The van der Waals surface area contributed by atoms with E-state index < -0.39 is 6.10 Å². The predicted molar refractivity (Wildman–Crippen MR) is 297 cm³/mol. The Hall–Kier alpha value is -4.19. The maximum atomic E-state index is 12.7. The zero-order chi connectivity index (χ0) is 50.0. The van der Waals surface area contributed by atoms with Crippen molar-refractivity contribution in [2.24, 2.45) is 0 Å². The molecule has 1 atom stereocenters. The standard InChI is InChI=1S/C63H102O6/c1-4-7-10-13-16-19-21-22-23-24-25-26-27-28-29-30-31-32-33-34-35-36-37-38-39-40-41-42-43-45-47-50-53-56-62(65)68-59-60(58-67-61(64)55-52-49-46-18-15-12-9-6-3)69-63(66)57-54-51-48-44-20-17-14-11-8-5-2/h7,10-11,14,16,19,22-23,25-26,28-29,31-32,34-35,37-38,40-41,60H,4-6,8-9,12-13,15,17-18,20-21,24,27,30,33,36,39,42-59H2,1-3H3/b10-7-,14-11-,19-16-,23-22-,26-25-,29-28-,32-31-,35-34-,38-37-,41-40-. The molecule has 0 fully saturated rings. The summed E-state index contributed by atoms with van der Waals surface area (Å²) in [4.78, 5) is 37.8. The van der Waals surface area contributed by atoms with Gasteiger partial charge in [0.05, 0.1) is 0 Å². The topological polar surface area (TPSA) is 78.9 Å². The van der Waals surface area contributed by atoms with E-state index in [-0.39, 0.29) is 31.1 Å². The van der Waals surface area contributed by atoms with Crippen LogP contribution >= 0.6 is 0 Å². The van der Waals surface area contributed by atoms with Crippen molar-refractivity contribution in [3.63, 3.8) is 0 Å². The van der Waals surface area contributed by atoms with Crippen molar-refractivity contribution in [1.29, 1.82) is 0 Å². The maximum absolute atomic E-state index is 12.7. The summed E-state index contributed by atoms with van der Waals surface area (Å²) in [6, 6.07) is 0. The summed E-state index contributed by atoms with van der Waals surface area (Å²) in [5, 5.41) is 0. The first-order chi connectivity index (χ1) is 34.0. The molecule has 0 saturated heterocycles. The van der Waals surface area contributed by atoms with Crippen molar-refractivity contribution in [2.75, 3.05) is 13.2 Å². The van der Waals surface area contributed by atoms with Crippen LogP contribution in [0.3, 0.4) is 0 Å². The molecule has 0 amide bonds. The van der Waals surface area contributed by atoms with E-state index in [1.54, 1.807) is 0 Å². The first-order valence-corrected chi connectivity index (χ1v) is 28.0. The van der Waals surface area contributed by atoms with Crippen LogP contribution in [0.25, 0.3) is 0 Å². The molecule has 0 aliphatic rings. The third-order valence-electron chi connectivity index (χ3n) is 11.4. The van der Waals surface area contributed by atoms with Crippen molar-refractivity contribution in [3.8, 4) is 0 Å². The molecule has 0 heterocycles. The molecule has 0 aliphatic carbocycles. The molecule has 0 aliphatic heterocycles. The average Bonchev–Trinajstić information content (AvgIpc) is 3.35. The van der Waals surface area contributed by atoms with Crippen LogP contribution in [0.4, 0.5) is 0 Å². The number of carbonyl (C=O) groups is 3. The zero-order valence-electron chi connectivity index (χ0n) is 44.5. The van der Waals surface area contributed by atoms with Crippen molar-refractivity contribution in [2.45, 2.75) is 245 Å². The van der Waals surface area contributed by atoms with Crippen LogP contribution in [-0.2, 0) is 28.6 Å². The number of unbranched alkanes of at least 4 members (excludes halogenated alkanes) is 18. The molecule has 1 unspecified atom stereocenters. The summed E-state index contributed by atoms with van der Waals surface area (Å²) >= 11 is 0. The van der Waals surface area contributed by atoms with Gasteiger partial charge in [-0.15, -0.1) is 0 Å². The highest BCUT2D eigenvalue weighted by Gasteiger charge is 2.19. The summed E-state index contributed by atoms with van der Waals surface area (Å²) in [6.45, 7) is 6.39. The average molecular weight is 956 g/mol. The number of allylic oxidation sites excluding steroid dienone is 20. The molecule has 69 heavy (non-hydrogen) atoms. The normalized spacial score (nSPS) is 13.0. The summed E-state index contributed by atoms with van der Waals surface area (Å²) in [5.41, 5.74) is 0. The van der Waals surface area contributed by atoms with Gasteiger partial charge in [-0.05, 0) is 109 Å². The SMILES string of the molecule is CC/C=C\C/C=C\C/C=C\C/C=C\C/C=C\C/C=C\C/C=C\C/C=C\C/C=C\CCCCCCCC(=O)OCC(COC(=O)CCCCCCCCCC)OC(=O)CCCCCCC/C=C\CCC. The van der Waals surface area contributed by atoms with Crippen LogP contribution in [0.2, 0.25) is 0 Å². The largest absolute Gasteiger partial charge is 0.462 e. The fourth-order valence-electron chi connectivity index (χ4n) is 7.26. The van der Waals surface area contributed by atoms with Gasteiger partial charge in [0.25, 0.3) is 0 Å². The fraction of sp³-hybridized carbons (Fsp3) is 0.635. The van der Waals surface area contributed by atoms with E-state index in [1.165, 1.54) is 44.9 Å². The van der Waals surface area contributed by atoms with Gasteiger partial charge < -0.3 is 14.2 Å². The molecular weight excluding hydrogens is 853 g/mol. The highest BCUT2D eigenvalue weighted by molar-refractivity contribution is 5.71. The van der Waals surface area contributed by atoms with Crippen molar-refractivity contribution in [1.82, 2.24) is 0 Å². The predicted octanol–water partition coefficient (Wildman–Crippen LogP) is 18.9. The highest BCUT2D eigenvalue weighted by Crippen LogP contribution is 2.13. The van der Waals surface area contributed by atoms with Gasteiger partial charge in [0, 0.05) is 19.3 Å². The second-order valence-corrected chi connectivity index (χ2v) is 18.1. The molecule has 0 saturated carbocycles. The summed E-state index contributed by atoms with van der Waals surface area (Å²) in [6.07, 6.45) is 77.9. The van der Waals surface area contributed by atoms with Crippen LogP contribution in [0.15, 0.2) is 122 Å². The molecule has 0 rings (SSSR count). The number of esters is 3. The summed E-state index contributed by atoms with van der Waals surface area (Å²) in [7, 11) is 0. The smallest absolute Gasteiger partial charge is 0.306 e. The number of hydrogen-bond donors (Lipinski definition) is 0. The van der Waals surface area contributed by atoms with Crippen molar-refractivity contribution < 1.29 is 28.6 Å². The van der Waals surface area contributed by atoms with Crippen LogP contribution in [0.1, 0.15) is 239 Å². The number of hydrogen-bond acceptors (Lipinski definition) is 6. The van der Waals surface area contributed by atoms with Gasteiger partial charge in [0.15, 0.2) is 6.10 Å². The molecule has 0 aromatic carbocycles. The molecule has 0 aromatic heterocycles. The minimum Gasteiger partial charge on any atom is -0.462 e. The fourth-order valence-corrected chi connectivity index (χ4v) is 7.26. The number of carbonyl (C=O) groups excluding carboxylic acids is 3. The lowest BCUT2D eigenvalue weighted by molar-refractivity contribution is -0.167. The van der Waals surface area contributed by atoms with Gasteiger partial charge in [0.1, 0.15) is 13.2 Å². The second kappa shape index (κ2) is 56.4. The Morgan fingerprint density at radius 2 is 0.594 bits per heavy atom. The molecular formula is C63H102O6. The molecule has 0 N–H and O–H groups in total. The molecule has 0 radical (unpaired) electrons. The Labute approximate surface area is 424 Å².